The highest BCUT2D eigenvalue weighted by molar-refractivity contribution is 7.92. The predicted octanol–water partition coefficient (Wildman–Crippen LogP) is 3.65. The number of hydrogen-bond donors (Lipinski definition) is 2. The van der Waals surface area contributed by atoms with Gasteiger partial charge in [0.25, 0.3) is 21.6 Å². The van der Waals surface area contributed by atoms with E-state index in [1.807, 2.05) is 6.07 Å². The lowest BCUT2D eigenvalue weighted by Gasteiger charge is -2.09. The van der Waals surface area contributed by atoms with E-state index < -0.39 is 14.9 Å². The van der Waals surface area contributed by atoms with E-state index in [-0.39, 0.29) is 22.2 Å². The zero-order valence-electron chi connectivity index (χ0n) is 14.4. The van der Waals surface area contributed by atoms with Gasteiger partial charge in [-0.2, -0.15) is 0 Å². The van der Waals surface area contributed by atoms with Crippen LogP contribution in [0.15, 0.2) is 83.8 Å². The Labute approximate surface area is 161 Å². The number of benzene rings is 3. The third-order valence-electron chi connectivity index (χ3n) is 3.77. The highest BCUT2D eigenvalue weighted by Crippen LogP contribution is 2.21. The maximum atomic E-state index is 12.4. The number of nitro groups is 1. The van der Waals surface area contributed by atoms with E-state index in [0.29, 0.717) is 11.3 Å². The van der Waals surface area contributed by atoms with Crippen molar-refractivity contribution in [2.24, 2.45) is 0 Å². The molecule has 0 atom stereocenters. The van der Waals surface area contributed by atoms with Crippen molar-refractivity contribution in [2.45, 2.75) is 4.90 Å². The smallest absolute Gasteiger partial charge is 0.270 e. The lowest BCUT2D eigenvalue weighted by molar-refractivity contribution is -0.385. The molecular weight excluding hydrogens is 382 g/mol. The Morgan fingerprint density at radius 1 is 0.857 bits per heavy atom. The Morgan fingerprint density at radius 2 is 1.54 bits per heavy atom. The number of nitro benzene ring substituents is 1. The van der Waals surface area contributed by atoms with Gasteiger partial charge in [0.05, 0.1) is 9.82 Å². The fraction of sp³-hybridized carbons (Fsp3) is 0. The number of hydrogen-bond acceptors (Lipinski definition) is 5. The van der Waals surface area contributed by atoms with Crippen LogP contribution in [-0.2, 0) is 10.0 Å². The number of amides is 1. The molecule has 0 saturated heterocycles. The summed E-state index contributed by atoms with van der Waals surface area (Å²) in [5, 5.41) is 13.6. The maximum absolute atomic E-state index is 12.4. The van der Waals surface area contributed by atoms with Gasteiger partial charge in [-0.05, 0) is 42.5 Å². The van der Waals surface area contributed by atoms with Crippen LogP contribution in [0.1, 0.15) is 10.4 Å². The lowest BCUT2D eigenvalue weighted by atomic mass is 10.2. The van der Waals surface area contributed by atoms with Gasteiger partial charge in [0.2, 0.25) is 0 Å². The van der Waals surface area contributed by atoms with Crippen LogP contribution in [-0.4, -0.2) is 19.2 Å². The van der Waals surface area contributed by atoms with Crippen molar-refractivity contribution < 1.29 is 18.1 Å². The van der Waals surface area contributed by atoms with Crippen LogP contribution in [0.25, 0.3) is 0 Å². The quantitative estimate of drug-likeness (QED) is 0.486. The molecule has 1 amide bonds. The number of rotatable bonds is 6. The summed E-state index contributed by atoms with van der Waals surface area (Å²) in [7, 11) is -4.01. The van der Waals surface area contributed by atoms with Crippen molar-refractivity contribution in [3.8, 4) is 0 Å². The topological polar surface area (TPSA) is 118 Å². The van der Waals surface area contributed by atoms with Crippen LogP contribution in [0.3, 0.4) is 0 Å². The van der Waals surface area contributed by atoms with Gasteiger partial charge >= 0.3 is 0 Å². The van der Waals surface area contributed by atoms with Crippen LogP contribution in [0.4, 0.5) is 17.1 Å². The van der Waals surface area contributed by atoms with Crippen molar-refractivity contribution in [3.05, 3.63) is 94.5 Å². The van der Waals surface area contributed by atoms with Crippen molar-refractivity contribution in [2.75, 3.05) is 10.0 Å². The molecule has 3 aromatic carbocycles. The number of non-ortho nitro benzene ring substituents is 1. The highest BCUT2D eigenvalue weighted by atomic mass is 32.2. The number of para-hydroxylation sites is 1. The van der Waals surface area contributed by atoms with Crippen LogP contribution in [0, 0.1) is 10.1 Å². The van der Waals surface area contributed by atoms with Gasteiger partial charge in [-0.3, -0.25) is 19.6 Å². The minimum Gasteiger partial charge on any atom is -0.322 e. The van der Waals surface area contributed by atoms with Crippen molar-refractivity contribution >= 4 is 33.0 Å². The summed E-state index contributed by atoms with van der Waals surface area (Å²) < 4.78 is 27.2. The highest BCUT2D eigenvalue weighted by Gasteiger charge is 2.18. The minimum absolute atomic E-state index is 0.225. The van der Waals surface area contributed by atoms with Crippen molar-refractivity contribution in [1.82, 2.24) is 0 Å². The lowest BCUT2D eigenvalue weighted by Crippen LogP contribution is -2.14. The zero-order chi connectivity index (χ0) is 20.1. The molecule has 0 saturated carbocycles. The molecular formula is C19H15N3O5S. The normalized spacial score (nSPS) is 10.9. The van der Waals surface area contributed by atoms with Crippen LogP contribution < -0.4 is 10.0 Å². The zero-order valence-corrected chi connectivity index (χ0v) is 15.2. The Hall–Kier alpha value is -3.72. The molecule has 2 N–H and O–H groups in total. The van der Waals surface area contributed by atoms with E-state index in [9.17, 15) is 23.3 Å². The third-order valence-corrected chi connectivity index (χ3v) is 5.15. The SMILES string of the molecule is O=C(Nc1ccccc1)c1ccc(NS(=O)(=O)c2cccc([N+](=O)[O-])c2)cc1. The second-order valence-electron chi connectivity index (χ2n) is 5.76. The summed E-state index contributed by atoms with van der Waals surface area (Å²) in [5.74, 6) is -0.334. The maximum Gasteiger partial charge on any atom is 0.270 e. The second kappa shape index (κ2) is 7.89. The molecule has 3 rings (SSSR count). The molecule has 3 aromatic rings. The summed E-state index contributed by atoms with van der Waals surface area (Å²) >= 11 is 0. The number of nitrogens with one attached hydrogen (secondary N) is 2. The van der Waals surface area contributed by atoms with E-state index in [2.05, 4.69) is 10.0 Å². The first-order valence-electron chi connectivity index (χ1n) is 8.09. The molecule has 142 valence electrons. The minimum atomic E-state index is -4.01. The number of sulfonamides is 1. The van der Waals surface area contributed by atoms with Crippen LogP contribution >= 0.6 is 0 Å². The summed E-state index contributed by atoms with van der Waals surface area (Å²) in [5.41, 5.74) is 0.892. The van der Waals surface area contributed by atoms with Crippen molar-refractivity contribution in [1.29, 1.82) is 0 Å². The number of carbonyl (C=O) groups is 1. The standard InChI is InChI=1S/C19H15N3O5S/c23-19(20-15-5-2-1-3-6-15)14-9-11-16(12-10-14)21-28(26,27)18-8-4-7-17(13-18)22(24)25/h1-13,21H,(H,20,23). The summed E-state index contributed by atoms with van der Waals surface area (Å²) in [6.07, 6.45) is 0. The average Bonchev–Trinajstić information content (AvgIpc) is 2.69. The first-order valence-corrected chi connectivity index (χ1v) is 9.57. The molecule has 0 spiro atoms. The molecule has 0 aliphatic heterocycles. The van der Waals surface area contributed by atoms with Gasteiger partial charge in [-0.25, -0.2) is 8.42 Å². The number of nitrogens with zero attached hydrogens (tertiary/aromatic N) is 1. The first-order chi connectivity index (χ1) is 13.3. The van der Waals surface area contributed by atoms with E-state index in [1.54, 1.807) is 24.3 Å². The van der Waals surface area contributed by atoms with E-state index >= 15 is 0 Å². The number of anilines is 2. The molecule has 0 aliphatic rings. The van der Waals surface area contributed by atoms with Gasteiger partial charge in [0.15, 0.2) is 0 Å². The average molecular weight is 397 g/mol. The van der Waals surface area contributed by atoms with E-state index in [4.69, 9.17) is 0 Å². The molecule has 0 fully saturated rings. The molecule has 0 aliphatic carbocycles. The van der Waals surface area contributed by atoms with Gasteiger partial charge in [0.1, 0.15) is 0 Å². The van der Waals surface area contributed by atoms with Gasteiger partial charge in [0, 0.05) is 29.1 Å². The van der Waals surface area contributed by atoms with Crippen molar-refractivity contribution in [3.63, 3.8) is 0 Å². The largest absolute Gasteiger partial charge is 0.322 e. The van der Waals surface area contributed by atoms with Crippen LogP contribution in [0.5, 0.6) is 0 Å². The Bertz CT molecular complexity index is 1110. The Morgan fingerprint density at radius 3 is 2.18 bits per heavy atom. The molecule has 0 aromatic heterocycles. The molecule has 0 bridgehead atoms. The molecule has 0 unspecified atom stereocenters. The second-order valence-corrected chi connectivity index (χ2v) is 7.44. The molecule has 0 radical (unpaired) electrons. The molecule has 28 heavy (non-hydrogen) atoms. The monoisotopic (exact) mass is 397 g/mol. The molecule has 8 nitrogen and oxygen atoms in total. The fourth-order valence-corrected chi connectivity index (χ4v) is 3.49. The van der Waals surface area contributed by atoms with Gasteiger partial charge in [-0.15, -0.1) is 0 Å². The Balaban J connectivity index is 1.74. The summed E-state index contributed by atoms with van der Waals surface area (Å²) in [6.45, 7) is 0. The number of carbonyl (C=O) groups excluding carboxylic acids is 1. The summed E-state index contributed by atoms with van der Waals surface area (Å²) in [4.78, 5) is 22.1. The van der Waals surface area contributed by atoms with Crippen LogP contribution in [0.2, 0.25) is 0 Å². The molecule has 0 heterocycles. The molecule has 9 heteroatoms. The van der Waals surface area contributed by atoms with Gasteiger partial charge < -0.3 is 5.32 Å². The van der Waals surface area contributed by atoms with E-state index in [1.165, 1.54) is 42.5 Å². The fourth-order valence-electron chi connectivity index (χ4n) is 2.39. The Kier molecular flexibility index (Phi) is 5.37. The third kappa shape index (κ3) is 4.51. The summed E-state index contributed by atoms with van der Waals surface area (Å²) in [6, 6.07) is 19.5. The first kappa shape index (κ1) is 19.1. The predicted molar refractivity (Wildman–Crippen MR) is 105 cm³/mol. The van der Waals surface area contributed by atoms with E-state index in [0.717, 1.165) is 6.07 Å². The van der Waals surface area contributed by atoms with Gasteiger partial charge in [-0.1, -0.05) is 24.3 Å².